The number of benzene rings is 1. The highest BCUT2D eigenvalue weighted by molar-refractivity contribution is 7.98. The molecule has 0 unspecified atom stereocenters. The summed E-state index contributed by atoms with van der Waals surface area (Å²) in [5, 5.41) is 4.56. The Morgan fingerprint density at radius 1 is 1.06 bits per heavy atom. The Balaban J connectivity index is 1.63. The second-order valence-electron chi connectivity index (χ2n) is 7.96. The van der Waals surface area contributed by atoms with Crippen LogP contribution in [0.4, 0.5) is 0 Å². The van der Waals surface area contributed by atoms with Crippen LogP contribution in [0, 0.1) is 0 Å². The van der Waals surface area contributed by atoms with E-state index in [-0.39, 0.29) is 21.9 Å². The summed E-state index contributed by atoms with van der Waals surface area (Å²) in [5.41, 5.74) is 1.60. The molecule has 0 fully saturated rings. The number of fused-ring (bicyclic) bond motifs is 1. The lowest BCUT2D eigenvalue weighted by molar-refractivity contribution is 0.590. The minimum absolute atomic E-state index is 0.0408. The van der Waals surface area contributed by atoms with Gasteiger partial charge in [0.2, 0.25) is 0 Å². The van der Waals surface area contributed by atoms with Crippen LogP contribution in [0.25, 0.3) is 16.9 Å². The van der Waals surface area contributed by atoms with Gasteiger partial charge >= 0.3 is 11.4 Å². The van der Waals surface area contributed by atoms with E-state index in [2.05, 4.69) is 40.8 Å². The van der Waals surface area contributed by atoms with E-state index in [9.17, 15) is 14.4 Å². The molecule has 4 aromatic rings. The van der Waals surface area contributed by atoms with E-state index in [0.29, 0.717) is 16.5 Å². The lowest BCUT2D eigenvalue weighted by atomic mass is 9.86. The van der Waals surface area contributed by atoms with Gasteiger partial charge in [0.15, 0.2) is 10.8 Å². The molecule has 0 saturated carbocycles. The first-order valence-electron chi connectivity index (χ1n) is 9.36. The van der Waals surface area contributed by atoms with Crippen LogP contribution in [0.1, 0.15) is 32.0 Å². The summed E-state index contributed by atoms with van der Waals surface area (Å²) < 4.78 is 1.19. The molecule has 0 spiro atoms. The zero-order valence-electron chi connectivity index (χ0n) is 16.9. The minimum atomic E-state index is -0.671. The summed E-state index contributed by atoms with van der Waals surface area (Å²) in [6, 6.07) is 9.76. The molecule has 3 N–H and O–H groups in total. The highest BCUT2D eigenvalue weighted by atomic mass is 35.5. The van der Waals surface area contributed by atoms with Crippen molar-refractivity contribution in [3.05, 3.63) is 77.9 Å². The van der Waals surface area contributed by atoms with Gasteiger partial charge in [0.25, 0.3) is 5.56 Å². The number of H-pyrrole nitrogens is 3. The summed E-state index contributed by atoms with van der Waals surface area (Å²) in [5.74, 6) is 0.145. The first kappa shape index (κ1) is 21.1. The van der Waals surface area contributed by atoms with Crippen molar-refractivity contribution in [2.45, 2.75) is 37.1 Å². The average Bonchev–Trinajstić information content (AvgIpc) is 3.14. The Labute approximate surface area is 184 Å². The van der Waals surface area contributed by atoms with E-state index in [4.69, 9.17) is 11.6 Å². The summed E-state index contributed by atoms with van der Waals surface area (Å²) in [6.07, 6.45) is 0. The van der Waals surface area contributed by atoms with Gasteiger partial charge in [-0.25, -0.2) is 14.6 Å². The van der Waals surface area contributed by atoms with E-state index >= 15 is 0 Å². The zero-order chi connectivity index (χ0) is 22.3. The van der Waals surface area contributed by atoms with Crippen molar-refractivity contribution < 1.29 is 0 Å². The van der Waals surface area contributed by atoms with Gasteiger partial charge in [-0.2, -0.15) is 9.61 Å². The number of nitrogens with zero attached hydrogens (tertiary/aromatic N) is 3. The number of thioether (sulfide) groups is 1. The summed E-state index contributed by atoms with van der Waals surface area (Å²) in [4.78, 5) is 47.1. The largest absolute Gasteiger partial charge is 0.350 e. The fourth-order valence-electron chi connectivity index (χ4n) is 2.99. The number of halogens is 1. The van der Waals surface area contributed by atoms with E-state index < -0.39 is 16.9 Å². The van der Waals surface area contributed by atoms with Gasteiger partial charge in [-0.05, 0) is 11.0 Å². The second-order valence-corrected chi connectivity index (χ2v) is 9.31. The highest BCUT2D eigenvalue weighted by Crippen LogP contribution is 2.26. The highest BCUT2D eigenvalue weighted by Gasteiger charge is 2.15. The van der Waals surface area contributed by atoms with Crippen LogP contribution >= 0.6 is 23.4 Å². The summed E-state index contributed by atoms with van der Waals surface area (Å²) in [6.45, 7) is 6.43. The van der Waals surface area contributed by atoms with Gasteiger partial charge in [-0.3, -0.25) is 14.8 Å². The Morgan fingerprint density at radius 2 is 1.77 bits per heavy atom. The smallest absolute Gasteiger partial charge is 0.309 e. The van der Waals surface area contributed by atoms with Crippen molar-refractivity contribution in [3.8, 4) is 11.3 Å². The lowest BCUT2D eigenvalue weighted by Crippen LogP contribution is -2.24. The van der Waals surface area contributed by atoms with Crippen LogP contribution in [0.3, 0.4) is 0 Å². The molecule has 1 aromatic carbocycles. The van der Waals surface area contributed by atoms with Gasteiger partial charge in [-0.15, -0.1) is 0 Å². The van der Waals surface area contributed by atoms with Crippen molar-refractivity contribution in [3.63, 3.8) is 0 Å². The van der Waals surface area contributed by atoms with Gasteiger partial charge in [0.1, 0.15) is 5.02 Å². The Hall–Kier alpha value is -3.11. The van der Waals surface area contributed by atoms with Crippen LogP contribution < -0.4 is 16.9 Å². The summed E-state index contributed by atoms with van der Waals surface area (Å²) in [7, 11) is 0. The molecule has 4 rings (SSSR count). The molecule has 0 aliphatic carbocycles. The number of hydrogen-bond acceptors (Lipinski definition) is 6. The van der Waals surface area contributed by atoms with Gasteiger partial charge < -0.3 is 4.98 Å². The maximum Gasteiger partial charge on any atom is 0.350 e. The topological polar surface area (TPSA) is 129 Å². The molecule has 11 heteroatoms. The predicted octanol–water partition coefficient (Wildman–Crippen LogP) is 2.70. The molecule has 0 atom stereocenters. The van der Waals surface area contributed by atoms with Crippen LogP contribution in [0.15, 0.2) is 49.9 Å². The normalized spacial score (nSPS) is 11.9. The zero-order valence-corrected chi connectivity index (χ0v) is 18.5. The molecular weight excluding hydrogens is 440 g/mol. The third-order valence-corrected chi connectivity index (χ3v) is 5.97. The molecular formula is C20H19ClN6O3S. The van der Waals surface area contributed by atoms with Crippen molar-refractivity contribution >= 4 is 29.0 Å². The van der Waals surface area contributed by atoms with E-state index in [1.165, 1.54) is 10.1 Å². The third kappa shape index (κ3) is 4.35. The Bertz CT molecular complexity index is 1440. The quantitative estimate of drug-likeness (QED) is 0.403. The average molecular weight is 459 g/mol. The molecule has 31 heavy (non-hydrogen) atoms. The van der Waals surface area contributed by atoms with Gasteiger partial charge in [0.05, 0.1) is 11.4 Å². The van der Waals surface area contributed by atoms with Crippen molar-refractivity contribution in [2.75, 3.05) is 0 Å². The minimum Gasteiger partial charge on any atom is -0.309 e. The molecule has 3 aromatic heterocycles. The monoisotopic (exact) mass is 458 g/mol. The Morgan fingerprint density at radius 3 is 2.45 bits per heavy atom. The molecule has 0 radical (unpaired) electrons. The molecule has 0 aliphatic rings. The molecule has 0 amide bonds. The van der Waals surface area contributed by atoms with E-state index in [0.717, 1.165) is 17.3 Å². The molecule has 9 nitrogen and oxygen atoms in total. The number of aromatic nitrogens is 6. The van der Waals surface area contributed by atoms with Gasteiger partial charge in [-0.1, -0.05) is 68.4 Å². The standard InChI is InChI=1S/C20H19ClN6O3S/c1-20(2,3)11-6-4-10(5-7-11)12-8-14-23-18(25-19(30)27(14)26-12)31-9-13-15(21)16(28)24-17(29)22-13/h4-8H,9H2,1-3H3,(H,23,25,30)(H2,22,24,28,29). The Kier molecular flexibility index (Phi) is 5.36. The van der Waals surface area contributed by atoms with Crippen LogP contribution in [0.2, 0.25) is 5.02 Å². The van der Waals surface area contributed by atoms with E-state index in [1.54, 1.807) is 6.07 Å². The molecule has 0 saturated heterocycles. The summed E-state index contributed by atoms with van der Waals surface area (Å²) >= 11 is 7.06. The first-order valence-corrected chi connectivity index (χ1v) is 10.7. The second kappa shape index (κ2) is 7.86. The lowest BCUT2D eigenvalue weighted by Gasteiger charge is -2.18. The van der Waals surface area contributed by atoms with E-state index in [1.807, 2.05) is 29.2 Å². The van der Waals surface area contributed by atoms with Crippen molar-refractivity contribution in [2.24, 2.45) is 0 Å². The fraction of sp³-hybridized carbons (Fsp3) is 0.250. The van der Waals surface area contributed by atoms with Crippen molar-refractivity contribution in [1.29, 1.82) is 0 Å². The maximum atomic E-state index is 12.5. The van der Waals surface area contributed by atoms with Crippen LogP contribution in [-0.2, 0) is 11.2 Å². The number of rotatable bonds is 4. The van der Waals surface area contributed by atoms with Gasteiger partial charge in [0, 0.05) is 17.4 Å². The number of aromatic amines is 3. The number of hydrogen-bond donors (Lipinski definition) is 3. The molecule has 0 aliphatic heterocycles. The number of nitrogens with one attached hydrogen (secondary N) is 3. The molecule has 3 heterocycles. The maximum absolute atomic E-state index is 12.5. The SMILES string of the molecule is CC(C)(C)c1ccc(-c2cc3nc(SCc4[nH]c(=O)[nH]c(=O)c4Cl)[nH]c(=O)n3n2)cc1. The van der Waals surface area contributed by atoms with Crippen LogP contribution in [-0.4, -0.2) is 29.5 Å². The molecule has 160 valence electrons. The first-order chi connectivity index (χ1) is 14.6. The predicted molar refractivity (Wildman–Crippen MR) is 120 cm³/mol. The third-order valence-electron chi connectivity index (χ3n) is 4.67. The van der Waals surface area contributed by atoms with Crippen LogP contribution in [0.5, 0.6) is 0 Å². The molecule has 0 bridgehead atoms. The fourth-order valence-corrected chi connectivity index (χ4v) is 4.04. The van der Waals surface area contributed by atoms with Crippen molar-refractivity contribution in [1.82, 2.24) is 29.5 Å².